The Morgan fingerprint density at radius 3 is 2.73 bits per heavy atom. The van der Waals surface area contributed by atoms with E-state index in [1.54, 1.807) is 6.20 Å². The molecule has 1 aromatic heterocycles. The van der Waals surface area contributed by atoms with Gasteiger partial charge in [-0.3, -0.25) is 9.59 Å². The van der Waals surface area contributed by atoms with E-state index in [-0.39, 0.29) is 12.1 Å². The van der Waals surface area contributed by atoms with Crippen LogP contribution in [0.4, 0.5) is 13.9 Å². The molecule has 9 heteroatoms. The van der Waals surface area contributed by atoms with Gasteiger partial charge in [-0.2, -0.15) is 0 Å². The maximum atomic E-state index is 13.1. The Kier molecular flexibility index (Phi) is 5.89. The average molecular weight is 380 g/mol. The van der Waals surface area contributed by atoms with E-state index in [0.717, 1.165) is 49.0 Å². The molecule has 3 rings (SSSR count). The molecule has 1 fully saturated rings. The smallest absolute Gasteiger partial charge is 0.251 e. The van der Waals surface area contributed by atoms with Gasteiger partial charge in [-0.25, -0.2) is 13.8 Å². The van der Waals surface area contributed by atoms with E-state index >= 15 is 0 Å². The number of carbonyl (C=O) groups is 2. The van der Waals surface area contributed by atoms with Crippen molar-refractivity contribution in [3.8, 4) is 0 Å². The topological polar surface area (TPSA) is 83.1 Å². The third-order valence-corrected chi connectivity index (χ3v) is 5.18. The Bertz CT molecular complexity index is 806. The predicted octanol–water partition coefficient (Wildman–Crippen LogP) is 2.26. The molecule has 1 aliphatic rings. The first-order chi connectivity index (χ1) is 12.5. The van der Waals surface area contributed by atoms with Crippen LogP contribution in [0.2, 0.25) is 0 Å². The number of amides is 2. The summed E-state index contributed by atoms with van der Waals surface area (Å²) >= 11 is 1.43. The predicted molar refractivity (Wildman–Crippen MR) is 94.3 cm³/mol. The summed E-state index contributed by atoms with van der Waals surface area (Å²) in [5.74, 6) is -2.80. The van der Waals surface area contributed by atoms with Crippen LogP contribution >= 0.6 is 11.3 Å². The number of piperidine rings is 1. The highest BCUT2D eigenvalue weighted by molar-refractivity contribution is 7.15. The van der Waals surface area contributed by atoms with Crippen LogP contribution < -0.4 is 16.0 Å². The second-order valence-electron chi connectivity index (χ2n) is 5.95. The minimum Gasteiger partial charge on any atom is -0.343 e. The van der Waals surface area contributed by atoms with Crippen LogP contribution in [-0.4, -0.2) is 36.4 Å². The molecule has 0 atom stereocenters. The number of rotatable bonds is 5. The third-order valence-electron chi connectivity index (χ3n) is 4.10. The van der Waals surface area contributed by atoms with Crippen LogP contribution in [0.15, 0.2) is 24.4 Å². The van der Waals surface area contributed by atoms with Gasteiger partial charge in [0.2, 0.25) is 5.91 Å². The molecule has 2 heterocycles. The van der Waals surface area contributed by atoms with E-state index in [9.17, 15) is 18.4 Å². The van der Waals surface area contributed by atoms with Crippen LogP contribution in [-0.2, 0) is 4.79 Å². The highest BCUT2D eigenvalue weighted by Crippen LogP contribution is 2.31. The molecule has 2 aromatic rings. The molecule has 0 unspecified atom stereocenters. The van der Waals surface area contributed by atoms with Crippen molar-refractivity contribution in [3.63, 3.8) is 0 Å². The minimum atomic E-state index is -1.12. The van der Waals surface area contributed by atoms with Crippen LogP contribution in [0.1, 0.15) is 34.0 Å². The van der Waals surface area contributed by atoms with Gasteiger partial charge in [0.25, 0.3) is 5.91 Å². The summed E-state index contributed by atoms with van der Waals surface area (Å²) in [7, 11) is 0. The molecule has 26 heavy (non-hydrogen) atoms. The number of halogens is 2. The lowest BCUT2D eigenvalue weighted by Crippen LogP contribution is -2.32. The molecule has 0 saturated carbocycles. The number of nitrogens with one attached hydrogen (secondary N) is 3. The van der Waals surface area contributed by atoms with Gasteiger partial charge >= 0.3 is 0 Å². The lowest BCUT2D eigenvalue weighted by Gasteiger charge is -2.20. The lowest BCUT2D eigenvalue weighted by atomic mass is 9.97. The highest BCUT2D eigenvalue weighted by atomic mass is 32.1. The van der Waals surface area contributed by atoms with E-state index in [0.29, 0.717) is 11.0 Å². The molecule has 1 aliphatic heterocycles. The summed E-state index contributed by atoms with van der Waals surface area (Å²) in [5.41, 5.74) is -0.0563. The largest absolute Gasteiger partial charge is 0.343 e. The van der Waals surface area contributed by atoms with E-state index in [4.69, 9.17) is 0 Å². The zero-order valence-electron chi connectivity index (χ0n) is 13.9. The van der Waals surface area contributed by atoms with Crippen molar-refractivity contribution in [2.75, 3.05) is 25.0 Å². The van der Waals surface area contributed by atoms with Crippen molar-refractivity contribution < 1.29 is 18.4 Å². The van der Waals surface area contributed by atoms with Crippen molar-refractivity contribution in [1.29, 1.82) is 0 Å². The van der Waals surface area contributed by atoms with Gasteiger partial charge in [0.1, 0.15) is 0 Å². The third kappa shape index (κ3) is 4.61. The fourth-order valence-corrected chi connectivity index (χ4v) is 3.70. The van der Waals surface area contributed by atoms with Crippen molar-refractivity contribution >= 4 is 28.3 Å². The van der Waals surface area contributed by atoms with E-state index in [2.05, 4.69) is 20.9 Å². The minimum absolute atomic E-state index is 0.0563. The molecule has 0 spiro atoms. The van der Waals surface area contributed by atoms with Crippen molar-refractivity contribution in [1.82, 2.24) is 15.6 Å². The number of carbonyl (C=O) groups excluding carboxylic acids is 2. The molecular weight excluding hydrogens is 362 g/mol. The number of nitrogens with zero attached hydrogens (tertiary/aromatic N) is 1. The van der Waals surface area contributed by atoms with Gasteiger partial charge in [-0.05, 0) is 50.0 Å². The SMILES string of the molecule is O=C(CNC(=O)c1ccc(F)c(F)c1)Nc1ncc(C2CCNCC2)s1. The molecule has 0 bridgehead atoms. The second-order valence-corrected chi connectivity index (χ2v) is 7.01. The van der Waals surface area contributed by atoms with E-state index in [1.165, 1.54) is 11.3 Å². The Balaban J connectivity index is 1.50. The summed E-state index contributed by atoms with van der Waals surface area (Å²) in [5, 5.41) is 8.78. The number of benzene rings is 1. The normalized spacial score (nSPS) is 14.8. The summed E-state index contributed by atoms with van der Waals surface area (Å²) in [6, 6.07) is 2.80. The summed E-state index contributed by atoms with van der Waals surface area (Å²) in [4.78, 5) is 29.2. The molecule has 2 amide bonds. The number of aromatic nitrogens is 1. The van der Waals surface area contributed by atoms with Crippen molar-refractivity contribution in [2.24, 2.45) is 0 Å². The standard InChI is InChI=1S/C17H18F2N4O2S/c18-12-2-1-11(7-13(12)19)16(25)21-9-15(24)23-17-22-8-14(26-17)10-3-5-20-6-4-10/h1-2,7-8,10,20H,3-6,9H2,(H,21,25)(H,22,23,24). The molecule has 6 nitrogen and oxygen atoms in total. The Morgan fingerprint density at radius 2 is 2.00 bits per heavy atom. The summed E-state index contributed by atoms with van der Waals surface area (Å²) in [6.45, 7) is 1.65. The van der Waals surface area contributed by atoms with Crippen LogP contribution in [0, 0.1) is 11.6 Å². The number of hydrogen-bond acceptors (Lipinski definition) is 5. The number of thiazole rings is 1. The molecule has 0 radical (unpaired) electrons. The second kappa shape index (κ2) is 8.33. The maximum absolute atomic E-state index is 13.1. The van der Waals surface area contributed by atoms with Gasteiger partial charge in [0, 0.05) is 16.6 Å². The maximum Gasteiger partial charge on any atom is 0.251 e. The fourth-order valence-electron chi connectivity index (χ4n) is 2.70. The number of anilines is 1. The van der Waals surface area contributed by atoms with Crippen molar-refractivity contribution in [2.45, 2.75) is 18.8 Å². The fraction of sp³-hybridized carbons (Fsp3) is 0.353. The van der Waals surface area contributed by atoms with Gasteiger partial charge in [0.15, 0.2) is 16.8 Å². The van der Waals surface area contributed by atoms with E-state index in [1.807, 2.05) is 0 Å². The molecule has 3 N–H and O–H groups in total. The first-order valence-corrected chi connectivity index (χ1v) is 9.04. The first-order valence-electron chi connectivity index (χ1n) is 8.22. The first kappa shape index (κ1) is 18.4. The molecular formula is C17H18F2N4O2S. The van der Waals surface area contributed by atoms with Gasteiger partial charge < -0.3 is 16.0 Å². The average Bonchev–Trinajstić information content (AvgIpc) is 3.11. The van der Waals surface area contributed by atoms with Crippen LogP contribution in [0.3, 0.4) is 0 Å². The van der Waals surface area contributed by atoms with Crippen LogP contribution in [0.25, 0.3) is 0 Å². The number of hydrogen-bond donors (Lipinski definition) is 3. The Morgan fingerprint density at radius 1 is 1.23 bits per heavy atom. The van der Waals surface area contributed by atoms with E-state index < -0.39 is 23.4 Å². The molecule has 138 valence electrons. The zero-order chi connectivity index (χ0) is 18.5. The van der Waals surface area contributed by atoms with Crippen LogP contribution in [0.5, 0.6) is 0 Å². The zero-order valence-corrected chi connectivity index (χ0v) is 14.7. The quantitative estimate of drug-likeness (QED) is 0.743. The van der Waals surface area contributed by atoms with Gasteiger partial charge in [-0.1, -0.05) is 0 Å². The summed E-state index contributed by atoms with van der Waals surface area (Å²) < 4.78 is 26.0. The highest BCUT2D eigenvalue weighted by Gasteiger charge is 2.18. The summed E-state index contributed by atoms with van der Waals surface area (Å²) in [6.07, 6.45) is 3.86. The lowest BCUT2D eigenvalue weighted by molar-refractivity contribution is -0.115. The molecule has 1 saturated heterocycles. The Labute approximate surface area is 153 Å². The molecule has 1 aromatic carbocycles. The van der Waals surface area contributed by atoms with Crippen molar-refractivity contribution in [3.05, 3.63) is 46.5 Å². The Hall–Kier alpha value is -2.39. The monoisotopic (exact) mass is 380 g/mol. The van der Waals surface area contributed by atoms with Gasteiger partial charge in [-0.15, -0.1) is 11.3 Å². The molecule has 0 aliphatic carbocycles. The van der Waals surface area contributed by atoms with Gasteiger partial charge in [0.05, 0.1) is 6.54 Å².